The van der Waals surface area contributed by atoms with Gasteiger partial charge in [0.05, 0.1) is 16.6 Å². The van der Waals surface area contributed by atoms with Crippen LogP contribution in [0.3, 0.4) is 0 Å². The van der Waals surface area contributed by atoms with Crippen LogP contribution in [0.25, 0.3) is 38.6 Å². The van der Waals surface area contributed by atoms with E-state index in [0.29, 0.717) is 0 Å². The van der Waals surface area contributed by atoms with Gasteiger partial charge in [0.25, 0.3) is 0 Å². The molecule has 3 atom stereocenters. The lowest BCUT2D eigenvalue weighted by molar-refractivity contribution is 0.593. The quantitative estimate of drug-likeness (QED) is 0.175. The average Bonchev–Trinajstić information content (AvgIpc) is 3.67. The Hall–Kier alpha value is -5.86. The molecule has 5 aromatic carbocycles. The molecule has 4 aliphatic rings. The maximum atomic E-state index is 2.60. The van der Waals surface area contributed by atoms with E-state index in [-0.39, 0.29) is 16.4 Å². The van der Waals surface area contributed by atoms with Gasteiger partial charge < -0.3 is 9.47 Å². The Balaban J connectivity index is 1.06. The van der Waals surface area contributed by atoms with E-state index >= 15 is 0 Å². The van der Waals surface area contributed by atoms with Gasteiger partial charge in [0.15, 0.2) is 0 Å². The van der Waals surface area contributed by atoms with E-state index in [9.17, 15) is 0 Å². The number of hydrogen-bond donors (Lipinski definition) is 0. The minimum Gasteiger partial charge on any atom is -0.331 e. The zero-order valence-electron chi connectivity index (χ0n) is 30.8. The summed E-state index contributed by atoms with van der Waals surface area (Å²) in [5.41, 5.74) is 14.0. The zero-order chi connectivity index (χ0) is 35.8. The Kier molecular flexibility index (Phi) is 7.11. The summed E-state index contributed by atoms with van der Waals surface area (Å²) in [4.78, 5) is 2.60. The van der Waals surface area contributed by atoms with Gasteiger partial charge in [-0.1, -0.05) is 135 Å². The Morgan fingerprint density at radius 3 is 2.25 bits per heavy atom. The highest BCUT2D eigenvalue weighted by molar-refractivity contribution is 6.12. The van der Waals surface area contributed by atoms with Crippen molar-refractivity contribution in [2.45, 2.75) is 56.4 Å². The van der Waals surface area contributed by atoms with E-state index in [2.05, 4.69) is 206 Å². The second kappa shape index (κ2) is 11.8. The number of anilines is 2. The van der Waals surface area contributed by atoms with E-state index in [1.807, 2.05) is 0 Å². The van der Waals surface area contributed by atoms with Crippen molar-refractivity contribution in [1.82, 2.24) is 4.57 Å². The summed E-state index contributed by atoms with van der Waals surface area (Å²) in [7, 11) is 0. The summed E-state index contributed by atoms with van der Waals surface area (Å²) in [6, 6.07) is 45.2. The molecular formula is C51H44N2. The van der Waals surface area contributed by atoms with Gasteiger partial charge >= 0.3 is 0 Å². The number of benzene rings is 5. The summed E-state index contributed by atoms with van der Waals surface area (Å²) < 4.78 is 2.47. The fourth-order valence-electron chi connectivity index (χ4n) is 9.55. The molecule has 0 bridgehead atoms. The van der Waals surface area contributed by atoms with Crippen molar-refractivity contribution < 1.29 is 0 Å². The Bertz CT molecular complexity index is 2640. The zero-order valence-corrected chi connectivity index (χ0v) is 30.8. The maximum Gasteiger partial charge on any atom is 0.0716 e. The van der Waals surface area contributed by atoms with Crippen LogP contribution in [-0.4, -0.2) is 10.1 Å². The lowest BCUT2D eigenvalue weighted by Gasteiger charge is -2.40. The normalized spacial score (nSPS) is 24.6. The minimum absolute atomic E-state index is 0.00362. The van der Waals surface area contributed by atoms with Crippen molar-refractivity contribution in [2.24, 2.45) is 0 Å². The number of para-hydroxylation sites is 2. The molecule has 2 heterocycles. The first-order valence-corrected chi connectivity index (χ1v) is 19.1. The number of rotatable bonds is 5. The van der Waals surface area contributed by atoms with Crippen LogP contribution in [0.1, 0.15) is 62.3 Å². The Morgan fingerprint density at radius 2 is 1.38 bits per heavy atom. The standard InChI is InChI=1S/C51H44N2/c1-49(28-12-5-13-29-49)39-18-14-19-40(34-39)53-48-24-11-9-22-43(48)45-33-37(27-31-51(45,53)3)36-25-26-47-44(32-36)42-21-8-10-23-46(42)52(47)41-20-15-30-50(2,35-41)38-16-6-4-7-17-38/h4-28,32-35H,29-31H2,1-3H3. The predicted octanol–water partition coefficient (Wildman–Crippen LogP) is 13.1. The molecule has 6 aromatic rings. The summed E-state index contributed by atoms with van der Waals surface area (Å²) in [5.74, 6) is 0. The first-order chi connectivity index (χ1) is 25.8. The highest BCUT2D eigenvalue weighted by Crippen LogP contribution is 2.55. The van der Waals surface area contributed by atoms with Gasteiger partial charge in [0.2, 0.25) is 0 Å². The van der Waals surface area contributed by atoms with Crippen LogP contribution in [0.2, 0.25) is 0 Å². The second-order valence-electron chi connectivity index (χ2n) is 16.1. The molecule has 0 amide bonds. The van der Waals surface area contributed by atoms with Crippen LogP contribution in [0.15, 0.2) is 176 Å². The van der Waals surface area contributed by atoms with Crippen LogP contribution >= 0.6 is 0 Å². The van der Waals surface area contributed by atoms with Gasteiger partial charge in [-0.25, -0.2) is 0 Å². The van der Waals surface area contributed by atoms with Crippen molar-refractivity contribution in [1.29, 1.82) is 0 Å². The van der Waals surface area contributed by atoms with E-state index in [4.69, 9.17) is 0 Å². The molecule has 2 heteroatoms. The van der Waals surface area contributed by atoms with Crippen LogP contribution in [0, 0.1) is 0 Å². The van der Waals surface area contributed by atoms with E-state index in [1.54, 1.807) is 0 Å². The summed E-state index contributed by atoms with van der Waals surface area (Å²) in [6.45, 7) is 7.14. The van der Waals surface area contributed by atoms with Crippen LogP contribution in [-0.2, 0) is 10.8 Å². The molecule has 0 saturated carbocycles. The molecule has 0 N–H and O–H groups in total. The number of hydrogen-bond acceptors (Lipinski definition) is 1. The monoisotopic (exact) mass is 684 g/mol. The summed E-state index contributed by atoms with van der Waals surface area (Å²) in [6.07, 6.45) is 24.0. The predicted molar refractivity (Wildman–Crippen MR) is 226 cm³/mol. The molecule has 0 saturated heterocycles. The van der Waals surface area contributed by atoms with Crippen molar-refractivity contribution in [2.75, 3.05) is 4.90 Å². The molecule has 2 nitrogen and oxygen atoms in total. The molecule has 3 aliphatic carbocycles. The molecule has 0 fully saturated rings. The van der Waals surface area contributed by atoms with Gasteiger partial charge in [-0.3, -0.25) is 0 Å². The second-order valence-corrected chi connectivity index (χ2v) is 16.1. The first-order valence-electron chi connectivity index (χ1n) is 19.1. The summed E-state index contributed by atoms with van der Waals surface area (Å²) in [5, 5.41) is 2.58. The Morgan fingerprint density at radius 1 is 0.604 bits per heavy atom. The highest BCUT2D eigenvalue weighted by atomic mass is 15.2. The molecule has 10 rings (SSSR count). The number of fused-ring (bicyclic) bond motifs is 6. The highest BCUT2D eigenvalue weighted by Gasteiger charge is 2.46. The van der Waals surface area contributed by atoms with Crippen molar-refractivity contribution in [3.8, 4) is 0 Å². The number of aromatic nitrogens is 1. The Labute approximate surface area is 313 Å². The molecular weight excluding hydrogens is 641 g/mol. The van der Waals surface area contributed by atoms with Gasteiger partial charge in [-0.05, 0) is 109 Å². The molecule has 0 radical (unpaired) electrons. The number of nitrogens with zero attached hydrogens (tertiary/aromatic N) is 2. The molecule has 1 aliphatic heterocycles. The van der Waals surface area contributed by atoms with Crippen LogP contribution in [0.4, 0.5) is 11.4 Å². The van der Waals surface area contributed by atoms with Crippen molar-refractivity contribution in [3.63, 3.8) is 0 Å². The van der Waals surface area contributed by atoms with Crippen molar-refractivity contribution >= 4 is 50.0 Å². The smallest absolute Gasteiger partial charge is 0.0716 e. The molecule has 258 valence electrons. The third kappa shape index (κ3) is 4.92. The summed E-state index contributed by atoms with van der Waals surface area (Å²) >= 11 is 0. The van der Waals surface area contributed by atoms with Crippen LogP contribution in [0.5, 0.6) is 0 Å². The molecule has 1 aromatic heterocycles. The maximum absolute atomic E-state index is 2.60. The topological polar surface area (TPSA) is 8.17 Å². The largest absolute Gasteiger partial charge is 0.331 e. The minimum atomic E-state index is -0.194. The van der Waals surface area contributed by atoms with Crippen molar-refractivity contribution in [3.05, 3.63) is 198 Å². The average molecular weight is 685 g/mol. The van der Waals surface area contributed by atoms with E-state index in [0.717, 1.165) is 19.3 Å². The van der Waals surface area contributed by atoms with Gasteiger partial charge in [-0.15, -0.1) is 0 Å². The number of allylic oxidation sites excluding steroid dienone is 10. The van der Waals surface area contributed by atoms with Gasteiger partial charge in [0, 0.05) is 44.2 Å². The lowest BCUT2D eigenvalue weighted by Crippen LogP contribution is -2.40. The first kappa shape index (κ1) is 31.8. The fraction of sp³-hybridized carbons (Fsp3) is 0.176. The SMILES string of the molecule is CC1(c2ccccc2)C=C(n2c3ccccc3c3cc(C4=CCC5(C)C(=C4)c4ccccc4N5c4cccc(C5(C)C=CC=CC5)c4)ccc32)C=CC1. The third-order valence-corrected chi connectivity index (χ3v) is 12.5. The fourth-order valence-corrected chi connectivity index (χ4v) is 9.55. The van der Waals surface area contributed by atoms with Gasteiger partial charge in [-0.2, -0.15) is 0 Å². The third-order valence-electron chi connectivity index (χ3n) is 12.5. The molecule has 53 heavy (non-hydrogen) atoms. The lowest BCUT2D eigenvalue weighted by atomic mass is 9.76. The van der Waals surface area contributed by atoms with E-state index in [1.165, 1.54) is 72.3 Å². The molecule has 3 unspecified atom stereocenters. The van der Waals surface area contributed by atoms with E-state index < -0.39 is 0 Å². The van der Waals surface area contributed by atoms with Crippen LogP contribution < -0.4 is 4.90 Å². The molecule has 0 spiro atoms. The van der Waals surface area contributed by atoms with Gasteiger partial charge in [0.1, 0.15) is 0 Å².